The van der Waals surface area contributed by atoms with Gasteiger partial charge in [0.25, 0.3) is 0 Å². The van der Waals surface area contributed by atoms with E-state index < -0.39 is 11.7 Å². The van der Waals surface area contributed by atoms with Crippen LogP contribution in [0.2, 0.25) is 0 Å². The van der Waals surface area contributed by atoms with Gasteiger partial charge in [-0.15, -0.1) is 0 Å². The van der Waals surface area contributed by atoms with Crippen molar-refractivity contribution in [1.29, 1.82) is 0 Å². The Morgan fingerprint density at radius 3 is 2.64 bits per heavy atom. The summed E-state index contributed by atoms with van der Waals surface area (Å²) in [5.41, 5.74) is 1.58. The summed E-state index contributed by atoms with van der Waals surface area (Å²) in [6.45, 7) is 7.55. The molecule has 1 N–H and O–H groups in total. The lowest BCUT2D eigenvalue weighted by atomic mass is 9.98. The van der Waals surface area contributed by atoms with Gasteiger partial charge in [0.1, 0.15) is 17.0 Å². The van der Waals surface area contributed by atoms with Crippen molar-refractivity contribution in [2.75, 3.05) is 0 Å². The summed E-state index contributed by atoms with van der Waals surface area (Å²) in [5, 5.41) is 6.77. The summed E-state index contributed by atoms with van der Waals surface area (Å²) in [4.78, 5) is 16.4. The van der Waals surface area contributed by atoms with Gasteiger partial charge in [-0.2, -0.15) is 0 Å². The first-order valence-corrected chi connectivity index (χ1v) is 9.87. The zero-order chi connectivity index (χ0) is 20.1. The molecule has 1 saturated carbocycles. The lowest BCUT2D eigenvalue weighted by Crippen LogP contribution is -2.32. The summed E-state index contributed by atoms with van der Waals surface area (Å²) >= 11 is 0. The van der Waals surface area contributed by atoms with Gasteiger partial charge in [-0.05, 0) is 65.5 Å². The number of aryl methyl sites for hydroxylation is 1. The van der Waals surface area contributed by atoms with Crippen molar-refractivity contribution >= 4 is 6.09 Å². The molecule has 1 fully saturated rings. The van der Waals surface area contributed by atoms with Crippen molar-refractivity contribution in [2.45, 2.75) is 78.0 Å². The summed E-state index contributed by atoms with van der Waals surface area (Å²) in [7, 11) is 0. The van der Waals surface area contributed by atoms with Crippen LogP contribution in [-0.4, -0.2) is 27.9 Å². The maximum Gasteiger partial charge on any atom is 0.407 e. The predicted molar refractivity (Wildman–Crippen MR) is 105 cm³/mol. The number of hydrogen-bond acceptors (Lipinski definition) is 6. The molecule has 28 heavy (non-hydrogen) atoms. The average molecular weight is 387 g/mol. The SMILES string of the molecule is Cc1noc(-c2ccc(OC3CCCCC3)cn2)c1CNC(=O)OC(C)(C)C. The number of ether oxygens (including phenoxy) is 2. The molecule has 3 rings (SSSR count). The maximum absolute atomic E-state index is 11.9. The molecule has 0 unspecified atom stereocenters. The number of nitrogens with zero attached hydrogens (tertiary/aromatic N) is 2. The Bertz CT molecular complexity index is 787. The first kappa shape index (κ1) is 20.2. The van der Waals surface area contributed by atoms with Crippen LogP contribution in [0.15, 0.2) is 22.9 Å². The van der Waals surface area contributed by atoms with E-state index >= 15 is 0 Å². The van der Waals surface area contributed by atoms with Crippen LogP contribution in [0.3, 0.4) is 0 Å². The minimum absolute atomic E-state index is 0.252. The van der Waals surface area contributed by atoms with Crippen molar-refractivity contribution in [3.8, 4) is 17.2 Å². The lowest BCUT2D eigenvalue weighted by molar-refractivity contribution is 0.0523. The highest BCUT2D eigenvalue weighted by Gasteiger charge is 2.20. The van der Waals surface area contributed by atoms with E-state index in [0.29, 0.717) is 17.1 Å². The molecule has 1 aliphatic carbocycles. The Morgan fingerprint density at radius 2 is 2.00 bits per heavy atom. The third-order valence-corrected chi connectivity index (χ3v) is 4.62. The van der Waals surface area contributed by atoms with Gasteiger partial charge in [0.2, 0.25) is 0 Å². The fourth-order valence-electron chi connectivity index (χ4n) is 3.23. The molecule has 0 aliphatic heterocycles. The molecule has 1 amide bonds. The zero-order valence-electron chi connectivity index (χ0n) is 17.1. The van der Waals surface area contributed by atoms with E-state index in [1.807, 2.05) is 39.8 Å². The predicted octanol–water partition coefficient (Wildman–Crippen LogP) is 4.78. The molecule has 1 aliphatic rings. The van der Waals surface area contributed by atoms with Crippen molar-refractivity contribution in [3.63, 3.8) is 0 Å². The van der Waals surface area contributed by atoms with E-state index in [4.69, 9.17) is 14.0 Å². The molecule has 0 atom stereocenters. The van der Waals surface area contributed by atoms with E-state index in [9.17, 15) is 4.79 Å². The summed E-state index contributed by atoms with van der Waals surface area (Å²) in [5.74, 6) is 1.30. The smallest absolute Gasteiger partial charge is 0.407 e. The second kappa shape index (κ2) is 8.63. The van der Waals surface area contributed by atoms with Gasteiger partial charge in [0.15, 0.2) is 5.76 Å². The Hall–Kier alpha value is -2.57. The first-order chi connectivity index (χ1) is 13.3. The number of hydrogen-bond donors (Lipinski definition) is 1. The number of aromatic nitrogens is 2. The largest absolute Gasteiger partial charge is 0.489 e. The van der Waals surface area contributed by atoms with Crippen LogP contribution >= 0.6 is 0 Å². The molecule has 152 valence electrons. The Morgan fingerprint density at radius 1 is 1.25 bits per heavy atom. The van der Waals surface area contributed by atoms with Gasteiger partial charge in [-0.3, -0.25) is 0 Å². The highest BCUT2D eigenvalue weighted by molar-refractivity contribution is 5.68. The number of amides is 1. The highest BCUT2D eigenvalue weighted by Crippen LogP contribution is 2.27. The summed E-state index contributed by atoms with van der Waals surface area (Å²) in [6, 6.07) is 3.76. The minimum atomic E-state index is -0.549. The number of rotatable bonds is 5. The van der Waals surface area contributed by atoms with E-state index in [-0.39, 0.29) is 12.6 Å². The number of carbonyl (C=O) groups is 1. The van der Waals surface area contributed by atoms with Gasteiger partial charge in [-0.1, -0.05) is 11.6 Å². The summed E-state index contributed by atoms with van der Waals surface area (Å²) < 4.78 is 16.8. The van der Waals surface area contributed by atoms with Crippen LogP contribution in [0.1, 0.15) is 64.1 Å². The van der Waals surface area contributed by atoms with Gasteiger partial charge in [0.05, 0.1) is 24.5 Å². The quantitative estimate of drug-likeness (QED) is 0.794. The van der Waals surface area contributed by atoms with Gasteiger partial charge < -0.3 is 19.3 Å². The molecule has 0 spiro atoms. The topological polar surface area (TPSA) is 86.5 Å². The van der Waals surface area contributed by atoms with Crippen LogP contribution in [0.25, 0.3) is 11.5 Å². The fraction of sp³-hybridized carbons (Fsp3) is 0.571. The van der Waals surface area contributed by atoms with Crippen LogP contribution in [0, 0.1) is 6.92 Å². The Labute approximate surface area is 165 Å². The van der Waals surface area contributed by atoms with Gasteiger partial charge in [-0.25, -0.2) is 9.78 Å². The van der Waals surface area contributed by atoms with Crippen molar-refractivity contribution < 1.29 is 18.8 Å². The van der Waals surface area contributed by atoms with Gasteiger partial charge >= 0.3 is 6.09 Å². The fourth-order valence-corrected chi connectivity index (χ4v) is 3.23. The highest BCUT2D eigenvalue weighted by atomic mass is 16.6. The van der Waals surface area contributed by atoms with Crippen LogP contribution in [0.5, 0.6) is 5.75 Å². The number of alkyl carbamates (subject to hydrolysis) is 1. The van der Waals surface area contributed by atoms with Crippen molar-refractivity contribution in [2.24, 2.45) is 0 Å². The normalized spacial score (nSPS) is 15.3. The molecule has 2 aromatic heterocycles. The van der Waals surface area contributed by atoms with Gasteiger partial charge in [0, 0.05) is 5.56 Å². The van der Waals surface area contributed by atoms with E-state index in [2.05, 4.69) is 15.5 Å². The molecule has 2 heterocycles. The molecule has 0 radical (unpaired) electrons. The second-order valence-corrected chi connectivity index (χ2v) is 8.19. The maximum atomic E-state index is 11.9. The zero-order valence-corrected chi connectivity index (χ0v) is 17.1. The number of nitrogens with one attached hydrogen (secondary N) is 1. The first-order valence-electron chi connectivity index (χ1n) is 9.87. The van der Waals surface area contributed by atoms with Crippen LogP contribution in [0.4, 0.5) is 4.79 Å². The minimum Gasteiger partial charge on any atom is -0.489 e. The second-order valence-electron chi connectivity index (χ2n) is 8.19. The molecule has 0 bridgehead atoms. The molecule has 0 aromatic carbocycles. The van der Waals surface area contributed by atoms with E-state index in [0.717, 1.165) is 24.2 Å². The van der Waals surface area contributed by atoms with E-state index in [1.54, 1.807) is 6.20 Å². The van der Waals surface area contributed by atoms with Crippen molar-refractivity contribution in [1.82, 2.24) is 15.5 Å². The lowest BCUT2D eigenvalue weighted by Gasteiger charge is -2.22. The molecule has 0 saturated heterocycles. The Balaban J connectivity index is 1.66. The molecular weight excluding hydrogens is 358 g/mol. The molecule has 7 heteroatoms. The number of pyridine rings is 1. The Kier molecular flexibility index (Phi) is 6.21. The monoisotopic (exact) mass is 387 g/mol. The standard InChI is InChI=1S/C21H29N3O4/c1-14-17(13-23-20(25)27-21(2,3)4)19(28-24-14)18-11-10-16(12-22-18)26-15-8-6-5-7-9-15/h10-12,15H,5-9,13H2,1-4H3,(H,23,25). The molecule has 7 nitrogen and oxygen atoms in total. The van der Waals surface area contributed by atoms with Crippen molar-refractivity contribution in [3.05, 3.63) is 29.6 Å². The average Bonchev–Trinajstić information content (AvgIpc) is 3.01. The third kappa shape index (κ3) is 5.47. The molecular formula is C21H29N3O4. The van der Waals surface area contributed by atoms with Crippen LogP contribution in [-0.2, 0) is 11.3 Å². The molecule has 2 aromatic rings. The number of carbonyl (C=O) groups excluding carboxylic acids is 1. The van der Waals surface area contributed by atoms with E-state index in [1.165, 1.54) is 19.3 Å². The summed E-state index contributed by atoms with van der Waals surface area (Å²) in [6.07, 6.45) is 7.45. The third-order valence-electron chi connectivity index (χ3n) is 4.62. The van der Waals surface area contributed by atoms with Crippen LogP contribution < -0.4 is 10.1 Å².